The molecule has 4 aromatic carbocycles. The summed E-state index contributed by atoms with van der Waals surface area (Å²) in [4.78, 5) is 19.3. The largest absolute Gasteiger partial charge is 0.300 e. The summed E-state index contributed by atoms with van der Waals surface area (Å²) in [6.45, 7) is 26.4. The average molecular weight is 1250 g/mol. The van der Waals surface area contributed by atoms with Crippen LogP contribution in [0.2, 0.25) is 0 Å². The number of aromatic nitrogens is 12. The van der Waals surface area contributed by atoms with Gasteiger partial charge >= 0.3 is 0 Å². The van der Waals surface area contributed by atoms with Crippen LogP contribution in [0.5, 0.6) is 0 Å². The first kappa shape index (κ1) is 63.1. The topological polar surface area (TPSA) is 84.7 Å². The van der Waals surface area contributed by atoms with Crippen molar-refractivity contribution in [3.8, 4) is 45.0 Å². The van der Waals surface area contributed by atoms with Crippen LogP contribution in [0.25, 0.3) is 112 Å². The molecule has 0 aliphatic rings. The first-order valence-corrected chi connectivity index (χ1v) is 33.0. The van der Waals surface area contributed by atoms with Gasteiger partial charge in [0, 0.05) is 72.8 Å². The Bertz CT molecular complexity index is 5630. The molecule has 12 heterocycles. The van der Waals surface area contributed by atoms with E-state index in [4.69, 9.17) is 19.9 Å². The standard InChI is InChI=1S/C23H26N3.C21H22N3.C20H20N3.C19H18N3/c1-16-18(20-14-17(11-13-25(20)5)15-23(2,3)4)9-10-19-22(16)24-21-8-6-7-12-26(19)21;1-14(2)16-10-12-23(4)19(13-16)17-8-9-18-21(15(17)3)22-20-7-5-6-11-24(18)20;1-13-11-18(22(4)12-14(13)2)16-8-9-17-20(15(16)3)21-19-7-5-6-10-23(17)19;1-13-9-11-21(3)17(12-13)15-7-8-16-19(14(15)2)20-18-6-4-5-10-22(16)18/h6-14H,15H2,1-5H3;5-14H,1-4H3;5-12H,1-4H3;4-12H,1-3H3/q4*+1. The Hall–Kier alpha value is -10.7. The van der Waals surface area contributed by atoms with Crippen molar-refractivity contribution in [3.63, 3.8) is 0 Å². The van der Waals surface area contributed by atoms with Gasteiger partial charge in [-0.25, -0.2) is 38.2 Å². The summed E-state index contributed by atoms with van der Waals surface area (Å²) in [6, 6.07) is 57.8. The fraction of sp³-hybridized carbons (Fsp3) is 0.229. The maximum Gasteiger partial charge on any atom is 0.212 e. The Morgan fingerprint density at radius 1 is 0.368 bits per heavy atom. The summed E-state index contributed by atoms with van der Waals surface area (Å²) in [6.07, 6.45) is 18.0. The third-order valence-electron chi connectivity index (χ3n) is 18.9. The molecule has 0 bridgehead atoms. The Morgan fingerprint density at radius 3 is 1.09 bits per heavy atom. The van der Waals surface area contributed by atoms with Crippen molar-refractivity contribution in [2.24, 2.45) is 33.6 Å². The summed E-state index contributed by atoms with van der Waals surface area (Å²) in [5.74, 6) is 0.518. The normalized spacial score (nSPS) is 11.7. The molecule has 0 amide bonds. The number of rotatable bonds is 6. The van der Waals surface area contributed by atoms with Crippen LogP contribution in [0.15, 0.2) is 213 Å². The lowest BCUT2D eigenvalue weighted by molar-refractivity contribution is -0.660. The quantitative estimate of drug-likeness (QED) is 0.155. The zero-order valence-electron chi connectivity index (χ0n) is 57.9. The second kappa shape index (κ2) is 25.3. The van der Waals surface area contributed by atoms with Crippen LogP contribution in [0.4, 0.5) is 0 Å². The molecule has 12 heteroatoms. The molecule has 0 radical (unpaired) electrons. The first-order valence-electron chi connectivity index (χ1n) is 33.0. The predicted molar refractivity (Wildman–Crippen MR) is 388 cm³/mol. The number of pyridine rings is 8. The van der Waals surface area contributed by atoms with Gasteiger partial charge in [-0.2, -0.15) is 0 Å². The minimum atomic E-state index is 0.276. The smallest absolute Gasteiger partial charge is 0.212 e. The molecule has 0 saturated carbocycles. The minimum absolute atomic E-state index is 0.276. The highest BCUT2D eigenvalue weighted by Crippen LogP contribution is 2.34. The predicted octanol–water partition coefficient (Wildman–Crippen LogP) is 16.8. The van der Waals surface area contributed by atoms with Crippen LogP contribution in [0, 0.1) is 53.9 Å². The highest BCUT2D eigenvalue weighted by Gasteiger charge is 2.23. The highest BCUT2D eigenvalue weighted by atomic mass is 15.0. The van der Waals surface area contributed by atoms with Gasteiger partial charge in [0.1, 0.15) is 50.8 Å². The average Bonchev–Trinajstić information content (AvgIpc) is 1.67. The second-order valence-electron chi connectivity index (χ2n) is 27.3. The fourth-order valence-electron chi connectivity index (χ4n) is 13.5. The molecule has 0 aliphatic carbocycles. The molecule has 0 aliphatic heterocycles. The van der Waals surface area contributed by atoms with E-state index in [1.807, 2.05) is 54.6 Å². The number of hydrogen-bond acceptors (Lipinski definition) is 4. The lowest BCUT2D eigenvalue weighted by Gasteiger charge is -2.18. The monoisotopic (exact) mass is 1250 g/mol. The summed E-state index contributed by atoms with van der Waals surface area (Å²) in [5, 5.41) is 0. The van der Waals surface area contributed by atoms with Crippen LogP contribution in [0.1, 0.15) is 90.6 Å². The van der Waals surface area contributed by atoms with Gasteiger partial charge < -0.3 is 0 Å². The number of nitrogens with zero attached hydrogens (tertiary/aromatic N) is 12. The number of aryl methyl sites for hydroxylation is 11. The SMILES string of the molecule is Cc1c(-c2cc(C(C)C)cc[n+]2C)ccc2c1nc1ccccn12.Cc1c(-c2cc(CC(C)(C)C)cc[n+]2C)ccc2c1nc1ccccn12.Cc1cc(-c2ccc3c(nc4ccccn43)c2C)[n+](C)cc1C.Cc1cc[n+](C)c(-c2ccc3c(nc4ccccn43)c2C)c1. The Balaban J connectivity index is 0.000000115. The number of hydrogen-bond donors (Lipinski definition) is 0. The minimum Gasteiger partial charge on any atom is -0.300 e. The lowest BCUT2D eigenvalue weighted by atomic mass is 9.88. The van der Waals surface area contributed by atoms with E-state index >= 15 is 0 Å². The van der Waals surface area contributed by atoms with E-state index in [1.165, 1.54) is 95.1 Å². The van der Waals surface area contributed by atoms with Gasteiger partial charge in [0.2, 0.25) is 22.8 Å². The van der Waals surface area contributed by atoms with Crippen LogP contribution >= 0.6 is 0 Å². The van der Waals surface area contributed by atoms with E-state index in [0.29, 0.717) is 5.92 Å². The van der Waals surface area contributed by atoms with Crippen molar-refractivity contribution in [3.05, 3.63) is 263 Å². The summed E-state index contributed by atoms with van der Waals surface area (Å²) >= 11 is 0. The molecule has 0 unspecified atom stereocenters. The molecule has 0 spiro atoms. The van der Waals surface area contributed by atoms with Gasteiger partial charge in [-0.1, -0.05) is 58.9 Å². The molecule has 0 atom stereocenters. The third kappa shape index (κ3) is 12.1. The van der Waals surface area contributed by atoms with E-state index in [0.717, 1.165) is 73.1 Å². The maximum absolute atomic E-state index is 4.87. The van der Waals surface area contributed by atoms with Crippen LogP contribution in [-0.4, -0.2) is 37.5 Å². The van der Waals surface area contributed by atoms with Gasteiger partial charge in [0.15, 0.2) is 24.8 Å². The Kier molecular flexibility index (Phi) is 16.8. The van der Waals surface area contributed by atoms with E-state index < -0.39 is 0 Å². The number of fused-ring (bicyclic) bond motifs is 12. The van der Waals surface area contributed by atoms with Crippen LogP contribution in [0.3, 0.4) is 0 Å². The van der Waals surface area contributed by atoms with Crippen molar-refractivity contribution in [1.82, 2.24) is 37.5 Å². The highest BCUT2D eigenvalue weighted by molar-refractivity contribution is 5.92. The molecular weight excluding hydrogens is 1160 g/mol. The first-order chi connectivity index (χ1) is 45.6. The van der Waals surface area contributed by atoms with Gasteiger partial charge in [0.05, 0.1) is 66.4 Å². The maximum atomic E-state index is 4.87. The van der Waals surface area contributed by atoms with Gasteiger partial charge in [-0.3, -0.25) is 17.6 Å². The molecule has 474 valence electrons. The van der Waals surface area contributed by atoms with Crippen LogP contribution in [-0.2, 0) is 34.6 Å². The molecule has 0 N–H and O–H groups in total. The molecule has 12 aromatic heterocycles. The lowest BCUT2D eigenvalue weighted by Crippen LogP contribution is -2.31. The number of benzene rings is 4. The van der Waals surface area contributed by atoms with Crippen molar-refractivity contribution in [2.45, 2.75) is 95.4 Å². The summed E-state index contributed by atoms with van der Waals surface area (Å²) in [7, 11) is 8.41. The zero-order chi connectivity index (χ0) is 66.7. The third-order valence-corrected chi connectivity index (χ3v) is 18.9. The van der Waals surface area contributed by atoms with Gasteiger partial charge in [-0.15, -0.1) is 0 Å². The molecule has 0 fully saturated rings. The summed E-state index contributed by atoms with van der Waals surface area (Å²) in [5.41, 5.74) is 34.6. The van der Waals surface area contributed by atoms with Crippen molar-refractivity contribution in [1.29, 1.82) is 0 Å². The zero-order valence-corrected chi connectivity index (χ0v) is 57.9. The Labute approximate surface area is 557 Å². The number of imidazole rings is 4. The molecule has 16 rings (SSSR count). The van der Waals surface area contributed by atoms with Crippen LogP contribution < -0.4 is 18.3 Å². The molecular formula is C83H86N12+4. The fourth-order valence-corrected chi connectivity index (χ4v) is 13.5. The summed E-state index contributed by atoms with van der Waals surface area (Å²) < 4.78 is 17.4. The van der Waals surface area contributed by atoms with Crippen molar-refractivity contribution >= 4 is 66.7 Å². The molecule has 12 nitrogen and oxygen atoms in total. The van der Waals surface area contributed by atoms with E-state index in [2.05, 4.69) is 306 Å². The van der Waals surface area contributed by atoms with E-state index in [-0.39, 0.29) is 5.41 Å². The Morgan fingerprint density at radius 2 is 0.716 bits per heavy atom. The van der Waals surface area contributed by atoms with E-state index in [9.17, 15) is 0 Å². The molecule has 0 saturated heterocycles. The van der Waals surface area contributed by atoms with E-state index in [1.54, 1.807) is 0 Å². The van der Waals surface area contributed by atoms with Gasteiger partial charge in [-0.05, 0) is 208 Å². The molecule has 16 aromatic rings. The second-order valence-corrected chi connectivity index (χ2v) is 27.3. The molecule has 95 heavy (non-hydrogen) atoms. The van der Waals surface area contributed by atoms with Gasteiger partial charge in [0.25, 0.3) is 0 Å². The van der Waals surface area contributed by atoms with Crippen molar-refractivity contribution < 1.29 is 18.3 Å². The van der Waals surface area contributed by atoms with Crippen molar-refractivity contribution in [2.75, 3.05) is 0 Å².